The number of carbonyl (C=O) groups is 1. The number of amides is 1. The molecule has 1 N–H and O–H groups in total. The third-order valence-corrected chi connectivity index (χ3v) is 6.43. The lowest BCUT2D eigenvalue weighted by atomic mass is 9.89. The van der Waals surface area contributed by atoms with Crippen LogP contribution in [0.4, 0.5) is 0 Å². The van der Waals surface area contributed by atoms with Crippen LogP contribution in [0.1, 0.15) is 50.2 Å². The molecule has 0 bridgehead atoms. The number of ether oxygens (including phenoxy) is 1. The second-order valence-electron chi connectivity index (χ2n) is 8.44. The van der Waals surface area contributed by atoms with Gasteiger partial charge in [-0.15, -0.1) is 0 Å². The van der Waals surface area contributed by atoms with Gasteiger partial charge in [0.05, 0.1) is 13.2 Å². The largest absolute Gasteiger partial charge is 0.379 e. The van der Waals surface area contributed by atoms with Crippen LogP contribution in [0.2, 0.25) is 0 Å². The molecule has 4 heteroatoms. The zero-order valence-electron chi connectivity index (χ0n) is 15.4. The lowest BCUT2D eigenvalue weighted by Crippen LogP contribution is -2.56. The molecule has 0 spiro atoms. The monoisotopic (exact) mass is 342 g/mol. The second-order valence-corrected chi connectivity index (χ2v) is 8.44. The van der Waals surface area contributed by atoms with Gasteiger partial charge in [-0.1, -0.05) is 37.1 Å². The first kappa shape index (κ1) is 17.0. The molecule has 0 atom stereocenters. The van der Waals surface area contributed by atoms with Crippen molar-refractivity contribution in [3.05, 3.63) is 35.4 Å². The second kappa shape index (κ2) is 6.73. The van der Waals surface area contributed by atoms with Gasteiger partial charge in [-0.2, -0.15) is 0 Å². The van der Waals surface area contributed by atoms with E-state index >= 15 is 0 Å². The molecule has 1 aliphatic heterocycles. The van der Waals surface area contributed by atoms with Crippen molar-refractivity contribution in [1.29, 1.82) is 0 Å². The molecular formula is C21H30N2O2. The summed E-state index contributed by atoms with van der Waals surface area (Å²) in [5, 5.41) is 3.40. The zero-order chi connectivity index (χ0) is 17.3. The van der Waals surface area contributed by atoms with Gasteiger partial charge in [-0.3, -0.25) is 9.69 Å². The Morgan fingerprint density at radius 2 is 1.72 bits per heavy atom. The first-order chi connectivity index (χ1) is 12.1. The van der Waals surface area contributed by atoms with E-state index in [4.69, 9.17) is 4.74 Å². The molecule has 1 aromatic carbocycles. The zero-order valence-corrected chi connectivity index (χ0v) is 15.4. The van der Waals surface area contributed by atoms with Crippen molar-refractivity contribution < 1.29 is 9.53 Å². The third-order valence-electron chi connectivity index (χ3n) is 6.43. The van der Waals surface area contributed by atoms with E-state index < -0.39 is 0 Å². The van der Waals surface area contributed by atoms with Crippen LogP contribution in [0, 0.1) is 0 Å². The maximum atomic E-state index is 13.0. The Labute approximate surface area is 150 Å². The van der Waals surface area contributed by atoms with Crippen molar-refractivity contribution in [1.82, 2.24) is 10.2 Å². The first-order valence-electron chi connectivity index (χ1n) is 9.79. The Hall–Kier alpha value is -1.39. The van der Waals surface area contributed by atoms with E-state index in [2.05, 4.69) is 41.4 Å². The minimum Gasteiger partial charge on any atom is -0.379 e. The molecule has 4 nitrogen and oxygen atoms in total. The fourth-order valence-electron chi connectivity index (χ4n) is 5.25. The van der Waals surface area contributed by atoms with Crippen molar-refractivity contribution in [3.8, 4) is 0 Å². The molecule has 2 fully saturated rings. The van der Waals surface area contributed by atoms with Gasteiger partial charge in [0, 0.05) is 30.6 Å². The van der Waals surface area contributed by atoms with E-state index in [1.165, 1.54) is 24.0 Å². The van der Waals surface area contributed by atoms with Crippen molar-refractivity contribution in [3.63, 3.8) is 0 Å². The molecule has 1 amide bonds. The highest BCUT2D eigenvalue weighted by molar-refractivity contribution is 5.78. The molecule has 1 saturated carbocycles. The van der Waals surface area contributed by atoms with E-state index in [0.717, 1.165) is 52.0 Å². The Morgan fingerprint density at radius 1 is 1.12 bits per heavy atom. The molecule has 0 unspecified atom stereocenters. The van der Waals surface area contributed by atoms with Crippen molar-refractivity contribution in [2.45, 2.75) is 62.9 Å². The summed E-state index contributed by atoms with van der Waals surface area (Å²) in [6.45, 7) is 5.74. The summed E-state index contributed by atoms with van der Waals surface area (Å²) in [6.07, 6.45) is 7.31. The lowest BCUT2D eigenvalue weighted by Gasteiger charge is -2.43. The predicted octanol–water partition coefficient (Wildman–Crippen LogP) is 2.70. The number of carbonyl (C=O) groups excluding carboxylic acids is 1. The van der Waals surface area contributed by atoms with Crippen LogP contribution in [0.3, 0.4) is 0 Å². The lowest BCUT2D eigenvalue weighted by molar-refractivity contribution is -0.127. The third kappa shape index (κ3) is 3.47. The minimum atomic E-state index is -0.133. The molecule has 1 heterocycles. The Balaban J connectivity index is 1.42. The topological polar surface area (TPSA) is 41.6 Å². The van der Waals surface area contributed by atoms with Crippen LogP contribution < -0.4 is 5.32 Å². The summed E-state index contributed by atoms with van der Waals surface area (Å²) in [5.74, 6) is 0.226. The number of morpholine rings is 1. The van der Waals surface area contributed by atoms with Crippen LogP contribution in [-0.4, -0.2) is 48.2 Å². The van der Waals surface area contributed by atoms with Gasteiger partial charge in [0.25, 0.3) is 0 Å². The highest BCUT2D eigenvalue weighted by Crippen LogP contribution is 2.39. The molecule has 1 saturated heterocycles. The van der Waals surface area contributed by atoms with Crippen molar-refractivity contribution >= 4 is 5.91 Å². The van der Waals surface area contributed by atoms with E-state index in [9.17, 15) is 4.79 Å². The molecule has 2 aliphatic carbocycles. The van der Waals surface area contributed by atoms with Gasteiger partial charge in [-0.05, 0) is 43.7 Å². The van der Waals surface area contributed by atoms with Gasteiger partial charge < -0.3 is 10.1 Å². The number of rotatable bonds is 4. The molecule has 1 aromatic rings. The molecule has 0 aromatic heterocycles. The van der Waals surface area contributed by atoms with E-state index in [1.54, 1.807) is 0 Å². The van der Waals surface area contributed by atoms with E-state index in [1.807, 2.05) is 0 Å². The highest BCUT2D eigenvalue weighted by atomic mass is 16.5. The first-order valence-corrected chi connectivity index (χ1v) is 9.79. The summed E-state index contributed by atoms with van der Waals surface area (Å²) in [7, 11) is 0. The molecule has 0 radical (unpaired) electrons. The quantitative estimate of drug-likeness (QED) is 0.915. The molecule has 25 heavy (non-hydrogen) atoms. The Morgan fingerprint density at radius 3 is 2.32 bits per heavy atom. The molecular weight excluding hydrogens is 312 g/mol. The van der Waals surface area contributed by atoms with Crippen molar-refractivity contribution in [2.75, 3.05) is 26.3 Å². The minimum absolute atomic E-state index is 0.0652. The Bertz CT molecular complexity index is 606. The van der Waals surface area contributed by atoms with Gasteiger partial charge in [-0.25, -0.2) is 0 Å². The van der Waals surface area contributed by atoms with Crippen molar-refractivity contribution in [2.24, 2.45) is 0 Å². The summed E-state index contributed by atoms with van der Waals surface area (Å²) in [6, 6.07) is 8.58. The van der Waals surface area contributed by atoms with Crippen LogP contribution in [0.25, 0.3) is 0 Å². The summed E-state index contributed by atoms with van der Waals surface area (Å²) in [4.78, 5) is 15.5. The van der Waals surface area contributed by atoms with Crippen LogP contribution >= 0.6 is 0 Å². The van der Waals surface area contributed by atoms with Gasteiger partial charge in [0.2, 0.25) is 5.91 Å². The SMILES string of the molecule is CC1(NC(=O)CC2(N3CCOCC3)CCCC2)Cc2ccccc2C1. The van der Waals surface area contributed by atoms with Gasteiger partial charge in [0.1, 0.15) is 0 Å². The van der Waals surface area contributed by atoms with E-state index in [-0.39, 0.29) is 17.0 Å². The number of hydrogen-bond donors (Lipinski definition) is 1. The average molecular weight is 342 g/mol. The standard InChI is InChI=1S/C21H30N2O2/c1-20(14-17-6-2-3-7-18(17)15-20)22-19(24)16-21(8-4-5-9-21)23-10-12-25-13-11-23/h2-3,6-7H,4-5,8-16H2,1H3,(H,22,24). The normalized spacial score (nSPS) is 24.8. The smallest absolute Gasteiger partial charge is 0.222 e. The summed E-state index contributed by atoms with van der Waals surface area (Å²) < 4.78 is 5.53. The van der Waals surface area contributed by atoms with Crippen LogP contribution in [-0.2, 0) is 22.4 Å². The molecule has 136 valence electrons. The Kier molecular flexibility index (Phi) is 4.59. The van der Waals surface area contributed by atoms with Gasteiger partial charge >= 0.3 is 0 Å². The van der Waals surface area contributed by atoms with Crippen LogP contribution in [0.15, 0.2) is 24.3 Å². The number of hydrogen-bond acceptors (Lipinski definition) is 3. The number of benzene rings is 1. The maximum absolute atomic E-state index is 13.0. The van der Waals surface area contributed by atoms with Gasteiger partial charge in [0.15, 0.2) is 0 Å². The number of nitrogens with zero attached hydrogens (tertiary/aromatic N) is 1. The fourth-order valence-corrected chi connectivity index (χ4v) is 5.25. The number of fused-ring (bicyclic) bond motifs is 1. The summed E-state index contributed by atoms with van der Waals surface area (Å²) >= 11 is 0. The average Bonchev–Trinajstić information content (AvgIpc) is 3.19. The highest BCUT2D eigenvalue weighted by Gasteiger charge is 2.43. The van der Waals surface area contributed by atoms with Crippen LogP contribution in [0.5, 0.6) is 0 Å². The molecule has 4 rings (SSSR count). The summed E-state index contributed by atoms with van der Waals surface area (Å²) in [5.41, 5.74) is 2.70. The molecule has 3 aliphatic rings. The van der Waals surface area contributed by atoms with E-state index in [0.29, 0.717) is 6.42 Å². The number of nitrogens with one attached hydrogen (secondary N) is 1. The predicted molar refractivity (Wildman–Crippen MR) is 98.6 cm³/mol. The fraction of sp³-hybridized carbons (Fsp3) is 0.667. The maximum Gasteiger partial charge on any atom is 0.222 e.